The molecule has 7 nitrogen and oxygen atoms in total. The molecule has 2 N–H and O–H groups in total. The van der Waals surface area contributed by atoms with E-state index in [2.05, 4.69) is 46.7 Å². The Morgan fingerprint density at radius 3 is 2.41 bits per heavy atom. The molecule has 0 aliphatic carbocycles. The fourth-order valence-electron chi connectivity index (χ4n) is 1.98. The van der Waals surface area contributed by atoms with Crippen LogP contribution in [-0.4, -0.2) is 37.8 Å². The molecule has 0 bridgehead atoms. The van der Waals surface area contributed by atoms with E-state index < -0.39 is 0 Å². The van der Waals surface area contributed by atoms with E-state index in [1.807, 2.05) is 26.8 Å². The Kier molecular flexibility index (Phi) is 4.08. The number of fused-ring (bicyclic) bond motifs is 1. The van der Waals surface area contributed by atoms with Crippen LogP contribution in [-0.2, 0) is 10.2 Å². The number of rotatable bonds is 3. The van der Waals surface area contributed by atoms with Crippen molar-refractivity contribution in [2.75, 3.05) is 11.9 Å². The van der Waals surface area contributed by atoms with Gasteiger partial charge in [0.25, 0.3) is 0 Å². The summed E-state index contributed by atoms with van der Waals surface area (Å²) in [5.41, 5.74) is 0.285. The van der Waals surface area contributed by atoms with E-state index in [9.17, 15) is 4.79 Å². The van der Waals surface area contributed by atoms with Crippen molar-refractivity contribution in [2.45, 2.75) is 52.5 Å². The van der Waals surface area contributed by atoms with Crippen molar-refractivity contribution in [2.24, 2.45) is 0 Å². The van der Waals surface area contributed by atoms with Crippen LogP contribution in [0.1, 0.15) is 47.4 Å². The summed E-state index contributed by atoms with van der Waals surface area (Å²) in [5.74, 6) is 1.32. The summed E-state index contributed by atoms with van der Waals surface area (Å²) in [6.07, 6.45) is 0. The van der Waals surface area contributed by atoms with Gasteiger partial charge in [0.15, 0.2) is 11.5 Å². The molecule has 2 rings (SSSR count). The lowest BCUT2D eigenvalue weighted by molar-refractivity contribution is -0.120. The monoisotopic (exact) mass is 304 g/mol. The lowest BCUT2D eigenvalue weighted by atomic mass is 9.96. The number of anilines is 1. The quantitative estimate of drug-likeness (QED) is 0.902. The summed E-state index contributed by atoms with van der Waals surface area (Å²) < 4.78 is 1.71. The minimum atomic E-state index is -0.246. The van der Waals surface area contributed by atoms with Crippen LogP contribution in [0.5, 0.6) is 0 Å². The van der Waals surface area contributed by atoms with Crippen molar-refractivity contribution in [3.05, 3.63) is 18.0 Å². The fourth-order valence-corrected chi connectivity index (χ4v) is 1.98. The zero-order valence-electron chi connectivity index (χ0n) is 14.1. The Morgan fingerprint density at radius 1 is 1.14 bits per heavy atom. The molecule has 2 heterocycles. The van der Waals surface area contributed by atoms with Gasteiger partial charge in [-0.15, -0.1) is 15.3 Å². The van der Waals surface area contributed by atoms with Gasteiger partial charge >= 0.3 is 0 Å². The Labute approximate surface area is 130 Å². The molecule has 0 unspecified atom stereocenters. The molecule has 1 amide bonds. The van der Waals surface area contributed by atoms with Gasteiger partial charge in [0.05, 0.1) is 6.54 Å². The van der Waals surface area contributed by atoms with Gasteiger partial charge in [0.2, 0.25) is 5.91 Å². The summed E-state index contributed by atoms with van der Waals surface area (Å²) in [7, 11) is 0. The topological polar surface area (TPSA) is 84.2 Å². The van der Waals surface area contributed by atoms with Crippen LogP contribution in [0.25, 0.3) is 5.65 Å². The Bertz CT molecular complexity index is 677. The first-order valence-electron chi connectivity index (χ1n) is 7.34. The highest BCUT2D eigenvalue weighted by atomic mass is 16.2. The van der Waals surface area contributed by atoms with Crippen molar-refractivity contribution < 1.29 is 4.79 Å². The van der Waals surface area contributed by atoms with Gasteiger partial charge in [-0.2, -0.15) is 4.52 Å². The van der Waals surface area contributed by atoms with Gasteiger partial charge in [-0.1, -0.05) is 20.8 Å². The van der Waals surface area contributed by atoms with E-state index in [0.29, 0.717) is 11.5 Å². The summed E-state index contributed by atoms with van der Waals surface area (Å²) >= 11 is 0. The Hall–Kier alpha value is -2.18. The molecule has 0 saturated carbocycles. The molecular weight excluding hydrogens is 280 g/mol. The number of nitrogens with one attached hydrogen (secondary N) is 2. The smallest absolute Gasteiger partial charge is 0.239 e. The third-order valence-corrected chi connectivity index (χ3v) is 2.88. The van der Waals surface area contributed by atoms with Gasteiger partial charge < -0.3 is 10.6 Å². The van der Waals surface area contributed by atoms with Crippen LogP contribution in [0, 0.1) is 0 Å². The van der Waals surface area contributed by atoms with Crippen LogP contribution in [0.2, 0.25) is 0 Å². The standard InChI is InChI=1S/C15H24N6O/c1-14(2,3)13-19-18-11-8-7-10(20-21(11)13)16-9-12(22)17-15(4,5)6/h7-8H,9H2,1-6H3,(H,16,20)(H,17,22). The summed E-state index contributed by atoms with van der Waals surface area (Å²) in [6, 6.07) is 3.63. The second kappa shape index (κ2) is 5.55. The van der Waals surface area contributed by atoms with E-state index in [1.165, 1.54) is 0 Å². The maximum absolute atomic E-state index is 11.8. The maximum atomic E-state index is 11.8. The molecule has 0 radical (unpaired) electrons. The first-order valence-corrected chi connectivity index (χ1v) is 7.34. The highest BCUT2D eigenvalue weighted by molar-refractivity contribution is 5.81. The zero-order valence-corrected chi connectivity index (χ0v) is 14.1. The SMILES string of the molecule is CC(C)(C)NC(=O)CNc1ccc2nnc(C(C)(C)C)n2n1. The van der Waals surface area contributed by atoms with Gasteiger partial charge in [-0.25, -0.2) is 0 Å². The minimum absolute atomic E-state index is 0.0748. The zero-order chi connectivity index (χ0) is 16.5. The second-order valence-electron chi connectivity index (χ2n) is 7.41. The molecule has 0 aromatic carbocycles. The van der Waals surface area contributed by atoms with E-state index in [4.69, 9.17) is 0 Å². The average molecular weight is 304 g/mol. The minimum Gasteiger partial charge on any atom is -0.360 e. The number of hydrogen-bond donors (Lipinski definition) is 2. The predicted octanol–water partition coefficient (Wildman–Crippen LogP) is 1.75. The molecule has 0 fully saturated rings. The third kappa shape index (κ3) is 3.93. The number of carbonyl (C=O) groups excluding carboxylic acids is 1. The van der Waals surface area contributed by atoms with Gasteiger partial charge in [0.1, 0.15) is 5.82 Å². The van der Waals surface area contributed by atoms with Gasteiger partial charge in [0, 0.05) is 11.0 Å². The maximum Gasteiger partial charge on any atom is 0.239 e. The fraction of sp³-hybridized carbons (Fsp3) is 0.600. The Morgan fingerprint density at radius 2 is 1.82 bits per heavy atom. The van der Waals surface area contributed by atoms with Gasteiger partial charge in [-0.05, 0) is 32.9 Å². The summed E-state index contributed by atoms with van der Waals surface area (Å²) in [4.78, 5) is 11.8. The molecule has 22 heavy (non-hydrogen) atoms. The van der Waals surface area contributed by atoms with Crippen molar-refractivity contribution in [3.63, 3.8) is 0 Å². The number of amides is 1. The first kappa shape index (κ1) is 16.2. The summed E-state index contributed by atoms with van der Waals surface area (Å²) in [6.45, 7) is 12.2. The van der Waals surface area contributed by atoms with Gasteiger partial charge in [-0.3, -0.25) is 4.79 Å². The Balaban J connectivity index is 2.14. The van der Waals surface area contributed by atoms with Crippen LogP contribution >= 0.6 is 0 Å². The number of carbonyl (C=O) groups is 1. The highest BCUT2D eigenvalue weighted by Gasteiger charge is 2.22. The predicted molar refractivity (Wildman–Crippen MR) is 85.9 cm³/mol. The third-order valence-electron chi connectivity index (χ3n) is 2.88. The van der Waals surface area contributed by atoms with E-state index >= 15 is 0 Å². The molecule has 2 aromatic heterocycles. The molecule has 7 heteroatoms. The number of nitrogens with zero attached hydrogens (tertiary/aromatic N) is 4. The molecule has 120 valence electrons. The largest absolute Gasteiger partial charge is 0.360 e. The van der Waals surface area contributed by atoms with Crippen LogP contribution in [0.15, 0.2) is 12.1 Å². The molecule has 0 spiro atoms. The lowest BCUT2D eigenvalue weighted by Gasteiger charge is -2.20. The summed E-state index contributed by atoms with van der Waals surface area (Å²) in [5, 5.41) is 18.7. The van der Waals surface area contributed by atoms with Crippen molar-refractivity contribution in [1.29, 1.82) is 0 Å². The van der Waals surface area contributed by atoms with Crippen LogP contribution < -0.4 is 10.6 Å². The number of hydrogen-bond acceptors (Lipinski definition) is 5. The average Bonchev–Trinajstić information content (AvgIpc) is 2.76. The van der Waals surface area contributed by atoms with Crippen molar-refractivity contribution in [1.82, 2.24) is 25.1 Å². The number of aromatic nitrogens is 4. The molecule has 2 aromatic rings. The lowest BCUT2D eigenvalue weighted by Crippen LogP contribution is -2.43. The molecule has 0 aliphatic rings. The van der Waals surface area contributed by atoms with Crippen LogP contribution in [0.4, 0.5) is 5.82 Å². The molecule has 0 saturated heterocycles. The normalized spacial score (nSPS) is 12.5. The van der Waals surface area contributed by atoms with E-state index in [-0.39, 0.29) is 23.4 Å². The molecule has 0 aliphatic heterocycles. The molecular formula is C15H24N6O. The first-order chi connectivity index (χ1) is 10.1. The molecule has 0 atom stereocenters. The van der Waals surface area contributed by atoms with Crippen molar-refractivity contribution in [3.8, 4) is 0 Å². The van der Waals surface area contributed by atoms with Crippen LogP contribution in [0.3, 0.4) is 0 Å². The second-order valence-corrected chi connectivity index (χ2v) is 7.41. The van der Waals surface area contributed by atoms with Crippen molar-refractivity contribution >= 4 is 17.4 Å². The van der Waals surface area contributed by atoms with E-state index in [0.717, 1.165) is 5.82 Å². The highest BCUT2D eigenvalue weighted by Crippen LogP contribution is 2.20. The van der Waals surface area contributed by atoms with E-state index in [1.54, 1.807) is 10.6 Å².